The monoisotopic (exact) mass is 497 g/mol. The summed E-state index contributed by atoms with van der Waals surface area (Å²) in [5.41, 5.74) is 0.733. The molecule has 0 aliphatic carbocycles. The minimum atomic E-state index is -4.40. The Morgan fingerprint density at radius 2 is 1.62 bits per heavy atom. The molecular formula is C25H31ClF3N3O2. The van der Waals surface area contributed by atoms with Gasteiger partial charge in [0.15, 0.2) is 0 Å². The summed E-state index contributed by atoms with van der Waals surface area (Å²) in [6.45, 7) is 5.17. The van der Waals surface area contributed by atoms with Gasteiger partial charge in [-0.1, -0.05) is 56.1 Å². The third-order valence-electron chi connectivity index (χ3n) is 5.23. The second-order valence-corrected chi connectivity index (χ2v) is 8.67. The predicted octanol–water partition coefficient (Wildman–Crippen LogP) is 6.11. The van der Waals surface area contributed by atoms with E-state index < -0.39 is 23.8 Å². The molecule has 1 aliphatic heterocycles. The Kier molecular flexibility index (Phi) is 10.2. The van der Waals surface area contributed by atoms with E-state index in [0.29, 0.717) is 36.5 Å². The molecule has 0 saturated carbocycles. The lowest BCUT2D eigenvalue weighted by Crippen LogP contribution is -2.49. The number of rotatable bonds is 5. The van der Waals surface area contributed by atoms with Gasteiger partial charge in [-0.15, -0.1) is 0 Å². The zero-order valence-electron chi connectivity index (χ0n) is 19.7. The van der Waals surface area contributed by atoms with Crippen molar-refractivity contribution >= 4 is 23.5 Å². The molecular weight excluding hydrogens is 467 g/mol. The fraction of sp³-hybridized carbons (Fsp3) is 0.440. The largest absolute Gasteiger partial charge is 0.416 e. The van der Waals surface area contributed by atoms with Gasteiger partial charge in [-0.2, -0.15) is 13.2 Å². The molecule has 2 aromatic carbocycles. The lowest BCUT2D eigenvalue weighted by atomic mass is 10.1. The van der Waals surface area contributed by atoms with Crippen molar-refractivity contribution in [2.75, 3.05) is 13.6 Å². The summed E-state index contributed by atoms with van der Waals surface area (Å²) in [6, 6.07) is 10.8. The van der Waals surface area contributed by atoms with Crippen LogP contribution in [0.5, 0.6) is 0 Å². The highest BCUT2D eigenvalue weighted by molar-refractivity contribution is 6.30. The highest BCUT2D eigenvalue weighted by Crippen LogP contribution is 2.29. The highest BCUT2D eigenvalue weighted by atomic mass is 35.5. The third-order valence-corrected chi connectivity index (χ3v) is 5.48. The molecule has 0 unspecified atom stereocenters. The maximum absolute atomic E-state index is 12.9. The fourth-order valence-corrected chi connectivity index (χ4v) is 3.68. The minimum absolute atomic E-state index is 0.0784. The molecule has 1 atom stereocenters. The van der Waals surface area contributed by atoms with Crippen molar-refractivity contribution in [1.29, 1.82) is 0 Å². The number of halogens is 4. The fourth-order valence-electron chi connectivity index (χ4n) is 3.55. The molecule has 3 rings (SSSR count). The first-order valence-corrected chi connectivity index (χ1v) is 11.6. The number of amides is 3. The maximum atomic E-state index is 12.9. The van der Waals surface area contributed by atoms with Crippen LogP contribution in [0.25, 0.3) is 0 Å². The molecule has 1 heterocycles. The van der Waals surface area contributed by atoms with Gasteiger partial charge in [0.05, 0.1) is 5.56 Å². The molecule has 34 heavy (non-hydrogen) atoms. The van der Waals surface area contributed by atoms with Gasteiger partial charge in [-0.3, -0.25) is 4.79 Å². The molecule has 1 fully saturated rings. The van der Waals surface area contributed by atoms with Gasteiger partial charge >= 0.3 is 12.2 Å². The van der Waals surface area contributed by atoms with Crippen molar-refractivity contribution in [3.8, 4) is 0 Å². The SMILES string of the molecule is CCC.CN(Cc1ccc(Cl)cc1)C(=O)[C@H]1CCCN1C(=O)NCc1ccc(C(F)(F)F)cc1. The molecule has 0 radical (unpaired) electrons. The number of urea groups is 1. The van der Waals surface area contributed by atoms with E-state index in [9.17, 15) is 22.8 Å². The normalized spacial score (nSPS) is 15.4. The number of likely N-dealkylation sites (N-methyl/N-ethyl adjacent to an activating group) is 1. The van der Waals surface area contributed by atoms with E-state index in [2.05, 4.69) is 19.2 Å². The zero-order chi connectivity index (χ0) is 25.3. The molecule has 1 N–H and O–H groups in total. The van der Waals surface area contributed by atoms with Crippen molar-refractivity contribution in [1.82, 2.24) is 15.1 Å². The zero-order valence-corrected chi connectivity index (χ0v) is 20.4. The lowest BCUT2D eigenvalue weighted by molar-refractivity contribution is -0.137. The third kappa shape index (κ3) is 7.94. The van der Waals surface area contributed by atoms with Crippen LogP contribution >= 0.6 is 11.6 Å². The number of nitrogens with one attached hydrogen (secondary N) is 1. The van der Waals surface area contributed by atoms with Crippen molar-refractivity contribution in [3.63, 3.8) is 0 Å². The number of alkyl halides is 3. The van der Waals surface area contributed by atoms with Crippen molar-refractivity contribution in [3.05, 3.63) is 70.2 Å². The van der Waals surface area contributed by atoms with Crippen molar-refractivity contribution in [2.24, 2.45) is 0 Å². The van der Waals surface area contributed by atoms with Gasteiger partial charge in [0, 0.05) is 31.7 Å². The number of carbonyl (C=O) groups excluding carboxylic acids is 2. The summed E-state index contributed by atoms with van der Waals surface area (Å²) in [7, 11) is 1.69. The molecule has 186 valence electrons. The molecule has 0 bridgehead atoms. The van der Waals surface area contributed by atoms with Gasteiger partial charge in [-0.05, 0) is 48.2 Å². The Morgan fingerprint density at radius 1 is 1.06 bits per heavy atom. The van der Waals surface area contributed by atoms with Gasteiger partial charge in [-0.25, -0.2) is 4.79 Å². The Balaban J connectivity index is 0.00000129. The number of carbonyl (C=O) groups is 2. The van der Waals surface area contributed by atoms with Crippen LogP contribution in [0.3, 0.4) is 0 Å². The Morgan fingerprint density at radius 3 is 2.18 bits per heavy atom. The first kappa shape index (κ1) is 27.5. The van der Waals surface area contributed by atoms with Crippen LogP contribution < -0.4 is 5.32 Å². The molecule has 5 nitrogen and oxygen atoms in total. The van der Waals surface area contributed by atoms with E-state index in [1.54, 1.807) is 24.1 Å². The van der Waals surface area contributed by atoms with Crippen molar-refractivity contribution in [2.45, 2.75) is 58.4 Å². The summed E-state index contributed by atoms with van der Waals surface area (Å²) < 4.78 is 38.0. The molecule has 9 heteroatoms. The summed E-state index contributed by atoms with van der Waals surface area (Å²) in [4.78, 5) is 28.6. The average molecular weight is 498 g/mol. The molecule has 0 aromatic heterocycles. The number of hydrogen-bond acceptors (Lipinski definition) is 2. The van der Waals surface area contributed by atoms with Crippen LogP contribution in [0.4, 0.5) is 18.0 Å². The van der Waals surface area contributed by atoms with Gasteiger partial charge in [0.2, 0.25) is 5.91 Å². The van der Waals surface area contributed by atoms with Crippen LogP contribution in [0, 0.1) is 0 Å². The van der Waals surface area contributed by atoms with E-state index in [1.165, 1.54) is 23.5 Å². The maximum Gasteiger partial charge on any atom is 0.416 e. The Labute approximate surface area is 203 Å². The summed E-state index contributed by atoms with van der Waals surface area (Å²) in [6.07, 6.45) is -1.88. The number of hydrogen-bond donors (Lipinski definition) is 1. The van der Waals surface area contributed by atoms with Crippen molar-refractivity contribution < 1.29 is 22.8 Å². The van der Waals surface area contributed by atoms with Crippen LogP contribution in [-0.2, 0) is 24.1 Å². The molecule has 3 amide bonds. The molecule has 0 spiro atoms. The van der Waals surface area contributed by atoms with Gasteiger partial charge in [0.1, 0.15) is 6.04 Å². The molecule has 1 saturated heterocycles. The number of likely N-dealkylation sites (tertiary alicyclic amines) is 1. The van der Waals surface area contributed by atoms with E-state index in [1.807, 2.05) is 12.1 Å². The van der Waals surface area contributed by atoms with E-state index >= 15 is 0 Å². The van der Waals surface area contributed by atoms with E-state index in [4.69, 9.17) is 11.6 Å². The summed E-state index contributed by atoms with van der Waals surface area (Å²) in [5, 5.41) is 3.31. The molecule has 2 aromatic rings. The smallest absolute Gasteiger partial charge is 0.340 e. The van der Waals surface area contributed by atoms with Crippen LogP contribution in [0.15, 0.2) is 48.5 Å². The van der Waals surface area contributed by atoms with E-state index in [-0.39, 0.29) is 12.5 Å². The quantitative estimate of drug-likeness (QED) is 0.542. The lowest BCUT2D eigenvalue weighted by Gasteiger charge is -2.28. The second-order valence-electron chi connectivity index (χ2n) is 8.23. The summed E-state index contributed by atoms with van der Waals surface area (Å²) in [5.74, 6) is -0.155. The average Bonchev–Trinajstić information content (AvgIpc) is 3.28. The summed E-state index contributed by atoms with van der Waals surface area (Å²) >= 11 is 5.89. The number of nitrogens with zero attached hydrogens (tertiary/aromatic N) is 2. The standard InChI is InChI=1S/C22H23ClF3N3O2.C3H8/c1-28(14-16-6-10-18(23)11-7-16)20(30)19-3-2-12-29(19)21(31)27-13-15-4-8-17(9-5-15)22(24,25)26;1-3-2/h4-11,19H,2-3,12-14H2,1H3,(H,27,31);3H2,1-2H3/t19-;/m1./s1. The second kappa shape index (κ2) is 12.6. The Bertz CT molecular complexity index is 934. The van der Waals surface area contributed by atoms with Crippen LogP contribution in [0.1, 0.15) is 49.8 Å². The first-order valence-electron chi connectivity index (χ1n) is 11.3. The number of benzene rings is 2. The van der Waals surface area contributed by atoms with Crippen LogP contribution in [-0.4, -0.2) is 41.4 Å². The predicted molar refractivity (Wildman–Crippen MR) is 127 cm³/mol. The van der Waals surface area contributed by atoms with Gasteiger partial charge in [0.25, 0.3) is 0 Å². The van der Waals surface area contributed by atoms with Gasteiger partial charge < -0.3 is 15.1 Å². The molecule has 1 aliphatic rings. The highest BCUT2D eigenvalue weighted by Gasteiger charge is 2.35. The Hall–Kier alpha value is -2.74. The first-order chi connectivity index (χ1) is 16.1. The minimum Gasteiger partial charge on any atom is -0.340 e. The van der Waals surface area contributed by atoms with E-state index in [0.717, 1.165) is 17.7 Å². The van der Waals surface area contributed by atoms with Crippen LogP contribution in [0.2, 0.25) is 5.02 Å². The topological polar surface area (TPSA) is 52.7 Å².